The number of nitrogens with one attached hydrogen (secondary N) is 1. The summed E-state index contributed by atoms with van der Waals surface area (Å²) in [5.41, 5.74) is 5.14. The topological polar surface area (TPSA) is 32.3 Å². The molecule has 1 fully saturated rings. The summed E-state index contributed by atoms with van der Waals surface area (Å²) in [7, 11) is 0. The normalized spacial score (nSPS) is 23.9. The van der Waals surface area contributed by atoms with Crippen LogP contribution in [-0.2, 0) is 11.3 Å². The third-order valence-electron chi connectivity index (χ3n) is 6.62. The largest absolute Gasteiger partial charge is 0.348 e. The Hall–Kier alpha value is -2.13. The van der Waals surface area contributed by atoms with E-state index in [0.717, 1.165) is 19.6 Å². The van der Waals surface area contributed by atoms with Crippen molar-refractivity contribution in [3.05, 3.63) is 70.8 Å². The molecule has 0 spiro atoms. The van der Waals surface area contributed by atoms with Crippen LogP contribution in [0.2, 0.25) is 0 Å². The van der Waals surface area contributed by atoms with Gasteiger partial charge in [0.25, 0.3) is 0 Å². The average Bonchev–Trinajstić information content (AvgIpc) is 3.19. The minimum absolute atomic E-state index is 0.122. The highest BCUT2D eigenvalue weighted by Gasteiger charge is 2.47. The predicted octanol–water partition coefficient (Wildman–Crippen LogP) is 5.24. The summed E-state index contributed by atoms with van der Waals surface area (Å²) < 4.78 is 0. The van der Waals surface area contributed by atoms with Crippen molar-refractivity contribution < 1.29 is 4.79 Å². The quantitative estimate of drug-likeness (QED) is 0.774. The Morgan fingerprint density at radius 3 is 2.31 bits per heavy atom. The van der Waals surface area contributed by atoms with Crippen molar-refractivity contribution in [2.45, 2.75) is 59.0 Å². The highest BCUT2D eigenvalue weighted by Crippen LogP contribution is 2.49. The summed E-state index contributed by atoms with van der Waals surface area (Å²) in [4.78, 5) is 15.3. The van der Waals surface area contributed by atoms with E-state index >= 15 is 0 Å². The fraction of sp³-hybridized carbons (Fsp3) is 0.500. The van der Waals surface area contributed by atoms with Crippen LogP contribution in [0.5, 0.6) is 0 Å². The molecule has 2 aromatic carbocycles. The standard InChI is InChI=1S/C26H34N2O/c1-17(2)19-12-10-18(11-13-19)14-28-15-22-20-8-6-7-9-21(20)24(23(22)16-28)27-25(29)26(3,4)5/h6-13,17,22-24H,14-16H2,1-5H3,(H,27,29)/t22-,23-,24+/m0/s1. The number of carbonyl (C=O) groups is 1. The van der Waals surface area contributed by atoms with Crippen molar-refractivity contribution in [1.29, 1.82) is 0 Å². The Balaban J connectivity index is 1.52. The number of benzene rings is 2. The molecule has 1 aliphatic carbocycles. The van der Waals surface area contributed by atoms with Crippen molar-refractivity contribution in [1.82, 2.24) is 10.2 Å². The first kappa shape index (κ1) is 20.2. The second-order valence-electron chi connectivity index (χ2n) is 10.2. The van der Waals surface area contributed by atoms with Gasteiger partial charge in [0.05, 0.1) is 6.04 Å². The first-order valence-electron chi connectivity index (χ1n) is 10.9. The molecule has 2 aromatic rings. The second kappa shape index (κ2) is 7.60. The molecule has 1 N–H and O–H groups in total. The number of hydrogen-bond donors (Lipinski definition) is 1. The van der Waals surface area contributed by atoms with Crippen LogP contribution in [0.25, 0.3) is 0 Å². The Morgan fingerprint density at radius 1 is 1.03 bits per heavy atom. The van der Waals surface area contributed by atoms with Gasteiger partial charge in [-0.1, -0.05) is 83.1 Å². The van der Waals surface area contributed by atoms with Crippen LogP contribution in [0, 0.1) is 11.3 Å². The highest BCUT2D eigenvalue weighted by molar-refractivity contribution is 5.82. The third kappa shape index (κ3) is 3.98. The van der Waals surface area contributed by atoms with E-state index in [1.807, 2.05) is 20.8 Å². The molecule has 3 heteroatoms. The molecule has 1 aliphatic heterocycles. The van der Waals surface area contributed by atoms with Crippen molar-refractivity contribution >= 4 is 5.91 Å². The Kier molecular flexibility index (Phi) is 5.29. The molecule has 3 atom stereocenters. The maximum atomic E-state index is 12.8. The van der Waals surface area contributed by atoms with Gasteiger partial charge in [-0.25, -0.2) is 0 Å². The number of nitrogens with zero attached hydrogens (tertiary/aromatic N) is 1. The first-order valence-corrected chi connectivity index (χ1v) is 10.9. The number of amides is 1. The van der Waals surface area contributed by atoms with Gasteiger partial charge >= 0.3 is 0 Å². The summed E-state index contributed by atoms with van der Waals surface area (Å²) in [5.74, 6) is 1.67. The molecule has 1 amide bonds. The van der Waals surface area contributed by atoms with E-state index in [-0.39, 0.29) is 17.4 Å². The molecule has 29 heavy (non-hydrogen) atoms. The summed E-state index contributed by atoms with van der Waals surface area (Å²) in [6.45, 7) is 13.5. The molecule has 3 nitrogen and oxygen atoms in total. The molecule has 4 rings (SSSR count). The molecule has 0 radical (unpaired) electrons. The maximum Gasteiger partial charge on any atom is 0.225 e. The maximum absolute atomic E-state index is 12.8. The van der Waals surface area contributed by atoms with Gasteiger partial charge in [0.15, 0.2) is 0 Å². The fourth-order valence-electron chi connectivity index (χ4n) is 4.88. The lowest BCUT2D eigenvalue weighted by molar-refractivity contribution is -0.129. The SMILES string of the molecule is CC(C)c1ccc(CN2C[C@@H]3[C@H](NC(=O)C(C)(C)C)c4ccccc4[C@@H]3C2)cc1. The van der Waals surface area contributed by atoms with Gasteiger partial charge in [0.1, 0.15) is 0 Å². The lowest BCUT2D eigenvalue weighted by Crippen LogP contribution is -2.40. The molecule has 2 aliphatic rings. The average molecular weight is 391 g/mol. The Bertz CT molecular complexity index is 878. The van der Waals surface area contributed by atoms with Gasteiger partial charge in [-0.15, -0.1) is 0 Å². The number of carbonyl (C=O) groups excluding carboxylic acids is 1. The number of rotatable bonds is 4. The molecule has 0 saturated carbocycles. The van der Waals surface area contributed by atoms with E-state index in [1.54, 1.807) is 0 Å². The lowest BCUT2D eigenvalue weighted by atomic mass is 9.91. The zero-order valence-electron chi connectivity index (χ0n) is 18.4. The molecular formula is C26H34N2O. The molecule has 0 bridgehead atoms. The van der Waals surface area contributed by atoms with Crippen molar-refractivity contribution in [3.63, 3.8) is 0 Å². The summed E-state index contributed by atoms with van der Waals surface area (Å²) in [6.07, 6.45) is 0. The molecule has 1 saturated heterocycles. The summed E-state index contributed by atoms with van der Waals surface area (Å²) in [5, 5.41) is 3.39. The molecule has 0 unspecified atom stereocenters. The van der Waals surface area contributed by atoms with Crippen molar-refractivity contribution in [2.24, 2.45) is 11.3 Å². The second-order valence-corrected chi connectivity index (χ2v) is 10.2. The van der Waals surface area contributed by atoms with Gasteiger partial charge in [-0.05, 0) is 28.2 Å². The van der Waals surface area contributed by atoms with Crippen LogP contribution in [0.1, 0.15) is 74.8 Å². The smallest absolute Gasteiger partial charge is 0.225 e. The summed E-state index contributed by atoms with van der Waals surface area (Å²) >= 11 is 0. The van der Waals surface area contributed by atoms with Gasteiger partial charge in [-0.2, -0.15) is 0 Å². The monoisotopic (exact) mass is 390 g/mol. The van der Waals surface area contributed by atoms with E-state index in [4.69, 9.17) is 0 Å². The van der Waals surface area contributed by atoms with Crippen molar-refractivity contribution in [2.75, 3.05) is 13.1 Å². The fourth-order valence-corrected chi connectivity index (χ4v) is 4.88. The van der Waals surface area contributed by atoms with E-state index < -0.39 is 0 Å². The van der Waals surface area contributed by atoms with Crippen LogP contribution in [0.15, 0.2) is 48.5 Å². The molecule has 1 heterocycles. The molecule has 154 valence electrons. The van der Waals surface area contributed by atoms with E-state index in [2.05, 4.69) is 72.6 Å². The summed E-state index contributed by atoms with van der Waals surface area (Å²) in [6, 6.07) is 17.9. The number of likely N-dealkylation sites (tertiary alicyclic amines) is 1. The minimum atomic E-state index is -0.372. The first-order chi connectivity index (χ1) is 13.7. The zero-order chi connectivity index (χ0) is 20.8. The van der Waals surface area contributed by atoms with Crippen LogP contribution >= 0.6 is 0 Å². The van der Waals surface area contributed by atoms with E-state index in [0.29, 0.717) is 17.8 Å². The van der Waals surface area contributed by atoms with Gasteiger partial charge in [0, 0.05) is 36.9 Å². The van der Waals surface area contributed by atoms with Crippen LogP contribution in [0.4, 0.5) is 0 Å². The van der Waals surface area contributed by atoms with Gasteiger partial charge in [0.2, 0.25) is 5.91 Å². The van der Waals surface area contributed by atoms with Crippen LogP contribution < -0.4 is 5.32 Å². The Morgan fingerprint density at radius 2 is 1.69 bits per heavy atom. The van der Waals surface area contributed by atoms with Gasteiger partial charge in [-0.3, -0.25) is 9.69 Å². The Labute approximate surface area is 175 Å². The molecular weight excluding hydrogens is 356 g/mol. The molecule has 0 aromatic heterocycles. The lowest BCUT2D eigenvalue weighted by Gasteiger charge is -2.27. The highest BCUT2D eigenvalue weighted by atomic mass is 16.2. The van der Waals surface area contributed by atoms with E-state index in [1.165, 1.54) is 22.3 Å². The third-order valence-corrected chi connectivity index (χ3v) is 6.62. The van der Waals surface area contributed by atoms with E-state index in [9.17, 15) is 4.79 Å². The zero-order valence-corrected chi connectivity index (χ0v) is 18.4. The van der Waals surface area contributed by atoms with Crippen molar-refractivity contribution in [3.8, 4) is 0 Å². The van der Waals surface area contributed by atoms with Crippen LogP contribution in [0.3, 0.4) is 0 Å². The van der Waals surface area contributed by atoms with Crippen LogP contribution in [-0.4, -0.2) is 23.9 Å². The predicted molar refractivity (Wildman–Crippen MR) is 119 cm³/mol. The number of fused-ring (bicyclic) bond motifs is 3. The number of hydrogen-bond acceptors (Lipinski definition) is 2. The van der Waals surface area contributed by atoms with Gasteiger partial charge < -0.3 is 5.32 Å². The minimum Gasteiger partial charge on any atom is -0.348 e.